The highest BCUT2D eigenvalue weighted by Crippen LogP contribution is 2.41. The molecule has 1 saturated heterocycles. The zero-order valence-corrected chi connectivity index (χ0v) is 21.7. The van der Waals surface area contributed by atoms with E-state index < -0.39 is 17.4 Å². The summed E-state index contributed by atoms with van der Waals surface area (Å²) in [6, 6.07) is 5.61. The van der Waals surface area contributed by atoms with E-state index in [1.165, 1.54) is 12.1 Å². The Hall–Kier alpha value is -2.01. The highest BCUT2D eigenvalue weighted by atomic mass is 79.9. The first-order valence-corrected chi connectivity index (χ1v) is 13.3. The standard InChI is InChI=1S/C24H22Br2F4N4O/c25-12-16-17(27)10-14(26)11-18(16)34-8-6-23(7-9-34)22(35)32-21(33-23)15-4-5-19(24(28,29)30)31-20(15)13-2-1-3-13/h4-5,10-11,13H,1-3,6-9,12H2,(H,32,33,35). The van der Waals surface area contributed by atoms with Crippen molar-refractivity contribution >= 4 is 49.3 Å². The molecule has 3 aliphatic rings. The number of nitrogens with zero attached hydrogens (tertiary/aromatic N) is 3. The zero-order valence-electron chi connectivity index (χ0n) is 18.6. The number of carbonyl (C=O) groups excluding carboxylic acids is 1. The molecule has 186 valence electrons. The monoisotopic (exact) mass is 616 g/mol. The zero-order chi connectivity index (χ0) is 25.0. The van der Waals surface area contributed by atoms with Gasteiger partial charge in [0, 0.05) is 45.6 Å². The quantitative estimate of drug-likeness (QED) is 0.334. The number of hydrogen-bond donors (Lipinski definition) is 1. The molecule has 1 aromatic heterocycles. The van der Waals surface area contributed by atoms with Crippen LogP contribution in [0.25, 0.3) is 0 Å². The van der Waals surface area contributed by atoms with Crippen molar-refractivity contribution in [2.45, 2.75) is 55.1 Å². The highest BCUT2D eigenvalue weighted by Gasteiger charge is 2.47. The second kappa shape index (κ2) is 9.14. The maximum absolute atomic E-state index is 14.5. The molecule has 0 atom stereocenters. The maximum Gasteiger partial charge on any atom is 0.433 e. The van der Waals surface area contributed by atoms with Crippen molar-refractivity contribution in [1.82, 2.24) is 10.3 Å². The van der Waals surface area contributed by atoms with Crippen LogP contribution in [0.15, 0.2) is 33.7 Å². The van der Waals surface area contributed by atoms with E-state index in [0.717, 1.165) is 31.0 Å². The number of aliphatic imine (C=N–C) groups is 1. The Balaban J connectivity index is 1.43. The van der Waals surface area contributed by atoms with Crippen LogP contribution in [0, 0.1) is 5.82 Å². The summed E-state index contributed by atoms with van der Waals surface area (Å²) in [6.07, 6.45) is -1.25. The summed E-state index contributed by atoms with van der Waals surface area (Å²) >= 11 is 6.70. The van der Waals surface area contributed by atoms with Crippen LogP contribution >= 0.6 is 31.9 Å². The van der Waals surface area contributed by atoms with Gasteiger partial charge < -0.3 is 10.2 Å². The van der Waals surface area contributed by atoms with Crippen LogP contribution < -0.4 is 10.2 Å². The van der Waals surface area contributed by atoms with Crippen LogP contribution in [0.2, 0.25) is 0 Å². The van der Waals surface area contributed by atoms with E-state index in [1.807, 2.05) is 11.0 Å². The summed E-state index contributed by atoms with van der Waals surface area (Å²) < 4.78 is 55.0. The lowest BCUT2D eigenvalue weighted by Crippen LogP contribution is -2.49. The summed E-state index contributed by atoms with van der Waals surface area (Å²) in [5.41, 5.74) is 0.192. The normalized spacial score (nSPS) is 20.1. The fraction of sp³-hybridized carbons (Fsp3) is 0.458. The van der Waals surface area contributed by atoms with Crippen LogP contribution in [0.3, 0.4) is 0 Å². The predicted molar refractivity (Wildman–Crippen MR) is 131 cm³/mol. The van der Waals surface area contributed by atoms with Crippen LogP contribution in [-0.4, -0.2) is 35.4 Å². The van der Waals surface area contributed by atoms with Crippen LogP contribution in [0.4, 0.5) is 23.2 Å². The molecule has 1 N–H and O–H groups in total. The number of nitrogens with one attached hydrogen (secondary N) is 1. The average Bonchev–Trinajstić information content (AvgIpc) is 3.07. The number of anilines is 1. The van der Waals surface area contributed by atoms with Gasteiger partial charge in [0.2, 0.25) is 0 Å². The minimum Gasteiger partial charge on any atom is -0.371 e. The molecule has 11 heteroatoms. The summed E-state index contributed by atoms with van der Waals surface area (Å²) in [4.78, 5) is 23.8. The molecular weight excluding hydrogens is 596 g/mol. The SMILES string of the molecule is O=C1NC(c2ccc(C(F)(F)F)nc2C2CCC2)=NC12CCN(c1cc(Br)cc(F)c1CBr)CC2. The van der Waals surface area contributed by atoms with Gasteiger partial charge in [0.25, 0.3) is 5.91 Å². The van der Waals surface area contributed by atoms with Gasteiger partial charge in [-0.05, 0) is 49.9 Å². The average molecular weight is 618 g/mol. The van der Waals surface area contributed by atoms with Gasteiger partial charge in [0.15, 0.2) is 0 Å². The smallest absolute Gasteiger partial charge is 0.371 e. The lowest BCUT2D eigenvalue weighted by atomic mass is 9.80. The first-order chi connectivity index (χ1) is 16.6. The number of aromatic nitrogens is 1. The van der Waals surface area contributed by atoms with Gasteiger partial charge in [-0.3, -0.25) is 9.79 Å². The number of pyridine rings is 1. The third-order valence-corrected chi connectivity index (χ3v) is 8.16. The van der Waals surface area contributed by atoms with Gasteiger partial charge in [-0.15, -0.1) is 0 Å². The van der Waals surface area contributed by atoms with Crippen molar-refractivity contribution in [2.75, 3.05) is 18.0 Å². The number of halogens is 6. The summed E-state index contributed by atoms with van der Waals surface area (Å²) in [5, 5.41) is 3.18. The van der Waals surface area contributed by atoms with E-state index >= 15 is 0 Å². The molecule has 1 amide bonds. The third-order valence-electron chi connectivity index (χ3n) is 7.14. The Morgan fingerprint density at radius 3 is 2.49 bits per heavy atom. The second-order valence-corrected chi connectivity index (χ2v) is 10.7. The minimum absolute atomic E-state index is 0.0700. The molecule has 0 bridgehead atoms. The molecular formula is C24H22Br2F4N4O. The van der Waals surface area contributed by atoms with Gasteiger partial charge in [-0.1, -0.05) is 38.3 Å². The Morgan fingerprint density at radius 1 is 1.17 bits per heavy atom. The number of amides is 1. The van der Waals surface area contributed by atoms with E-state index in [9.17, 15) is 22.4 Å². The number of carbonyl (C=O) groups is 1. The van der Waals surface area contributed by atoms with E-state index in [-0.39, 0.29) is 17.6 Å². The Morgan fingerprint density at radius 2 is 1.89 bits per heavy atom. The van der Waals surface area contributed by atoms with Crippen molar-refractivity contribution < 1.29 is 22.4 Å². The molecule has 35 heavy (non-hydrogen) atoms. The number of amidine groups is 1. The van der Waals surface area contributed by atoms with Crippen molar-refractivity contribution in [1.29, 1.82) is 0 Å². The number of benzene rings is 1. The van der Waals surface area contributed by atoms with Gasteiger partial charge in [0.1, 0.15) is 22.9 Å². The fourth-order valence-corrected chi connectivity index (χ4v) is 5.90. The molecule has 1 spiro atoms. The molecule has 5 nitrogen and oxygen atoms in total. The number of alkyl halides is 4. The van der Waals surface area contributed by atoms with Crippen molar-refractivity contribution in [2.24, 2.45) is 4.99 Å². The second-order valence-electron chi connectivity index (χ2n) is 9.21. The van der Waals surface area contributed by atoms with E-state index in [0.29, 0.717) is 58.4 Å². The van der Waals surface area contributed by atoms with Gasteiger partial charge in [-0.2, -0.15) is 13.2 Å². The first kappa shape index (κ1) is 24.7. The van der Waals surface area contributed by atoms with Crippen LogP contribution in [0.5, 0.6) is 0 Å². The summed E-state index contributed by atoms with van der Waals surface area (Å²) in [5.74, 6) is -0.350. The summed E-state index contributed by atoms with van der Waals surface area (Å²) in [6.45, 7) is 0.974. The Labute approximate surface area is 216 Å². The minimum atomic E-state index is -4.54. The highest BCUT2D eigenvalue weighted by molar-refractivity contribution is 9.10. The largest absolute Gasteiger partial charge is 0.433 e. The van der Waals surface area contributed by atoms with Crippen LogP contribution in [0.1, 0.15) is 60.5 Å². The molecule has 5 rings (SSSR count). The van der Waals surface area contributed by atoms with Crippen molar-refractivity contribution in [3.8, 4) is 0 Å². The Kier molecular flexibility index (Phi) is 6.44. The van der Waals surface area contributed by atoms with E-state index in [2.05, 4.69) is 42.2 Å². The molecule has 1 aromatic carbocycles. The number of hydrogen-bond acceptors (Lipinski definition) is 4. The number of piperidine rings is 1. The molecule has 2 fully saturated rings. The van der Waals surface area contributed by atoms with Gasteiger partial charge in [0.05, 0.1) is 5.69 Å². The number of rotatable bonds is 4. The van der Waals surface area contributed by atoms with Gasteiger partial charge >= 0.3 is 6.18 Å². The lowest BCUT2D eigenvalue weighted by molar-refractivity contribution is -0.141. The fourth-order valence-electron chi connectivity index (χ4n) is 4.93. The first-order valence-electron chi connectivity index (χ1n) is 11.4. The van der Waals surface area contributed by atoms with Crippen molar-refractivity contribution in [3.05, 3.63) is 57.1 Å². The summed E-state index contributed by atoms with van der Waals surface area (Å²) in [7, 11) is 0. The molecule has 0 radical (unpaired) electrons. The molecule has 0 unspecified atom stereocenters. The Bertz CT molecular complexity index is 1200. The van der Waals surface area contributed by atoms with Crippen LogP contribution in [-0.2, 0) is 16.3 Å². The lowest BCUT2D eigenvalue weighted by Gasteiger charge is -2.37. The topological polar surface area (TPSA) is 57.6 Å². The third kappa shape index (κ3) is 4.50. The van der Waals surface area contributed by atoms with Gasteiger partial charge in [-0.25, -0.2) is 9.37 Å². The maximum atomic E-state index is 14.5. The predicted octanol–water partition coefficient (Wildman–Crippen LogP) is 6.08. The van der Waals surface area contributed by atoms with E-state index in [4.69, 9.17) is 4.99 Å². The molecule has 2 aliphatic heterocycles. The van der Waals surface area contributed by atoms with E-state index in [1.54, 1.807) is 0 Å². The molecule has 1 aliphatic carbocycles. The molecule has 3 heterocycles. The molecule has 1 saturated carbocycles. The molecule has 2 aromatic rings. The van der Waals surface area contributed by atoms with Crippen molar-refractivity contribution in [3.63, 3.8) is 0 Å².